The fourth-order valence-corrected chi connectivity index (χ4v) is 1.96. The zero-order valence-electron chi connectivity index (χ0n) is 12.2. The Hall–Kier alpha value is -2.64. The summed E-state index contributed by atoms with van der Waals surface area (Å²) < 4.78 is 41.5. The Labute approximate surface area is 130 Å². The minimum atomic E-state index is -3.19. The number of rotatable bonds is 6. The van der Waals surface area contributed by atoms with E-state index in [1.807, 2.05) is 13.0 Å². The molecule has 8 heteroatoms. The lowest BCUT2D eigenvalue weighted by Crippen LogP contribution is -2.24. The van der Waals surface area contributed by atoms with Crippen molar-refractivity contribution in [1.82, 2.24) is 15.3 Å². The molecule has 0 aliphatic carbocycles. The second-order valence-corrected chi connectivity index (χ2v) is 4.57. The van der Waals surface area contributed by atoms with Crippen LogP contribution in [0.25, 0.3) is 0 Å². The number of ether oxygens (including phenoxy) is 1. The van der Waals surface area contributed by atoms with Gasteiger partial charge in [-0.1, -0.05) is 6.92 Å². The maximum atomic E-state index is 13.5. The van der Waals surface area contributed by atoms with Gasteiger partial charge in [-0.05, 0) is 29.7 Å². The SMILES string of the molecule is CCc1ccncc1CNC(=O)c1cnc(OC(F)F)c(F)c1. The first-order chi connectivity index (χ1) is 11.0. The molecule has 0 spiro atoms. The van der Waals surface area contributed by atoms with Crippen LogP contribution < -0.4 is 10.1 Å². The fourth-order valence-electron chi connectivity index (χ4n) is 1.96. The van der Waals surface area contributed by atoms with Gasteiger partial charge in [0.05, 0.1) is 5.56 Å². The molecule has 1 N–H and O–H groups in total. The van der Waals surface area contributed by atoms with Crippen LogP contribution in [-0.4, -0.2) is 22.5 Å². The number of aromatic nitrogens is 2. The van der Waals surface area contributed by atoms with E-state index >= 15 is 0 Å². The van der Waals surface area contributed by atoms with Gasteiger partial charge in [0, 0.05) is 25.1 Å². The molecule has 0 atom stereocenters. The van der Waals surface area contributed by atoms with E-state index in [1.54, 1.807) is 12.4 Å². The zero-order chi connectivity index (χ0) is 16.8. The van der Waals surface area contributed by atoms with Crippen molar-refractivity contribution < 1.29 is 22.7 Å². The van der Waals surface area contributed by atoms with E-state index in [9.17, 15) is 18.0 Å². The van der Waals surface area contributed by atoms with Gasteiger partial charge in [-0.2, -0.15) is 8.78 Å². The molecule has 122 valence electrons. The molecule has 23 heavy (non-hydrogen) atoms. The number of nitrogens with zero attached hydrogens (tertiary/aromatic N) is 2. The van der Waals surface area contributed by atoms with Crippen molar-refractivity contribution in [3.63, 3.8) is 0 Å². The van der Waals surface area contributed by atoms with Crippen LogP contribution >= 0.6 is 0 Å². The molecule has 2 aromatic heterocycles. The molecule has 1 amide bonds. The molecule has 0 aliphatic heterocycles. The topological polar surface area (TPSA) is 64.1 Å². The van der Waals surface area contributed by atoms with Gasteiger partial charge in [0.25, 0.3) is 11.8 Å². The summed E-state index contributed by atoms with van der Waals surface area (Å²) in [5.74, 6) is -2.56. The van der Waals surface area contributed by atoms with E-state index < -0.39 is 24.2 Å². The summed E-state index contributed by atoms with van der Waals surface area (Å²) in [5, 5.41) is 2.60. The molecular weight excluding hydrogens is 311 g/mol. The van der Waals surface area contributed by atoms with Crippen LogP contribution in [0, 0.1) is 5.82 Å². The monoisotopic (exact) mass is 325 g/mol. The lowest BCUT2D eigenvalue weighted by molar-refractivity contribution is -0.0553. The number of carbonyl (C=O) groups excluding carboxylic acids is 1. The molecule has 0 radical (unpaired) electrons. The highest BCUT2D eigenvalue weighted by atomic mass is 19.3. The zero-order valence-corrected chi connectivity index (χ0v) is 12.2. The number of carbonyl (C=O) groups is 1. The first-order valence-electron chi connectivity index (χ1n) is 6.81. The summed E-state index contributed by atoms with van der Waals surface area (Å²) in [6, 6.07) is 2.64. The third kappa shape index (κ3) is 4.41. The Kier molecular flexibility index (Phi) is 5.51. The molecule has 0 aromatic carbocycles. The second kappa shape index (κ2) is 7.57. The average Bonchev–Trinajstić information content (AvgIpc) is 2.54. The van der Waals surface area contributed by atoms with Crippen molar-refractivity contribution >= 4 is 5.91 Å². The second-order valence-electron chi connectivity index (χ2n) is 4.57. The molecular formula is C15H14F3N3O2. The van der Waals surface area contributed by atoms with Crippen molar-refractivity contribution in [1.29, 1.82) is 0 Å². The molecule has 2 aromatic rings. The molecule has 0 fully saturated rings. The lowest BCUT2D eigenvalue weighted by atomic mass is 10.1. The predicted molar refractivity (Wildman–Crippen MR) is 75.6 cm³/mol. The Morgan fingerprint density at radius 1 is 1.35 bits per heavy atom. The third-order valence-electron chi connectivity index (χ3n) is 3.10. The van der Waals surface area contributed by atoms with Gasteiger partial charge in [-0.3, -0.25) is 9.78 Å². The van der Waals surface area contributed by atoms with Gasteiger partial charge in [-0.25, -0.2) is 9.37 Å². The average molecular weight is 325 g/mol. The molecule has 2 heterocycles. The minimum Gasteiger partial charge on any atom is -0.414 e. The largest absolute Gasteiger partial charge is 0.414 e. The van der Waals surface area contributed by atoms with Crippen molar-refractivity contribution in [2.45, 2.75) is 26.5 Å². The van der Waals surface area contributed by atoms with Crippen molar-refractivity contribution in [2.24, 2.45) is 0 Å². The van der Waals surface area contributed by atoms with E-state index in [-0.39, 0.29) is 12.1 Å². The van der Waals surface area contributed by atoms with Crippen LogP contribution in [0.5, 0.6) is 5.88 Å². The Morgan fingerprint density at radius 3 is 2.78 bits per heavy atom. The molecule has 0 aliphatic rings. The summed E-state index contributed by atoms with van der Waals surface area (Å²) in [6.07, 6.45) is 5.05. The van der Waals surface area contributed by atoms with Gasteiger partial charge >= 0.3 is 6.61 Å². The van der Waals surface area contributed by atoms with Gasteiger partial charge < -0.3 is 10.1 Å². The summed E-state index contributed by atoms with van der Waals surface area (Å²) in [6.45, 7) is -0.997. The van der Waals surface area contributed by atoms with Gasteiger partial charge in [0.15, 0.2) is 5.82 Å². The molecule has 5 nitrogen and oxygen atoms in total. The van der Waals surface area contributed by atoms with E-state index in [1.165, 1.54) is 0 Å². The summed E-state index contributed by atoms with van der Waals surface area (Å²) in [7, 11) is 0. The third-order valence-corrected chi connectivity index (χ3v) is 3.10. The van der Waals surface area contributed by atoms with Crippen LogP contribution in [0.15, 0.2) is 30.7 Å². The molecule has 2 rings (SSSR count). The highest BCUT2D eigenvalue weighted by Crippen LogP contribution is 2.17. The maximum absolute atomic E-state index is 13.5. The Balaban J connectivity index is 2.05. The summed E-state index contributed by atoms with van der Waals surface area (Å²) in [5.41, 5.74) is 1.78. The van der Waals surface area contributed by atoms with Crippen molar-refractivity contribution in [3.05, 3.63) is 53.2 Å². The highest BCUT2D eigenvalue weighted by Gasteiger charge is 2.15. The van der Waals surface area contributed by atoms with E-state index in [4.69, 9.17) is 0 Å². The van der Waals surface area contributed by atoms with Crippen LogP contribution in [0.3, 0.4) is 0 Å². The van der Waals surface area contributed by atoms with Crippen molar-refractivity contribution in [2.75, 3.05) is 0 Å². The summed E-state index contributed by atoms with van der Waals surface area (Å²) >= 11 is 0. The number of halogens is 3. The number of hydrogen-bond acceptors (Lipinski definition) is 4. The Morgan fingerprint density at radius 2 is 2.13 bits per heavy atom. The number of alkyl halides is 2. The van der Waals surface area contributed by atoms with Gasteiger partial charge in [0.1, 0.15) is 0 Å². The first kappa shape index (κ1) is 16.7. The summed E-state index contributed by atoms with van der Waals surface area (Å²) in [4.78, 5) is 19.3. The van der Waals surface area contributed by atoms with E-state index in [0.29, 0.717) is 0 Å². The fraction of sp³-hybridized carbons (Fsp3) is 0.267. The smallest absolute Gasteiger partial charge is 0.388 e. The van der Waals surface area contributed by atoms with Crippen LogP contribution in [-0.2, 0) is 13.0 Å². The predicted octanol–water partition coefficient (Wildman–Crippen LogP) is 2.71. The van der Waals surface area contributed by atoms with Gasteiger partial charge in [0.2, 0.25) is 0 Å². The standard InChI is InChI=1S/C15H14F3N3O2/c1-2-9-3-4-19-6-11(9)8-20-13(22)10-5-12(16)14(21-7-10)23-15(17)18/h3-7,15H,2,8H2,1H3,(H,20,22). The number of hydrogen-bond donors (Lipinski definition) is 1. The van der Waals surface area contributed by atoms with E-state index in [0.717, 1.165) is 29.8 Å². The quantitative estimate of drug-likeness (QED) is 0.887. The number of amides is 1. The molecule has 0 unspecified atom stereocenters. The number of pyridine rings is 2. The number of nitrogens with one attached hydrogen (secondary N) is 1. The highest BCUT2D eigenvalue weighted by molar-refractivity contribution is 5.93. The minimum absolute atomic E-state index is 0.0916. The van der Waals surface area contributed by atoms with E-state index in [2.05, 4.69) is 20.0 Å². The first-order valence-corrected chi connectivity index (χ1v) is 6.81. The Bertz CT molecular complexity index is 695. The van der Waals surface area contributed by atoms with Crippen LogP contribution in [0.2, 0.25) is 0 Å². The van der Waals surface area contributed by atoms with Gasteiger partial charge in [-0.15, -0.1) is 0 Å². The number of aryl methyl sites for hydroxylation is 1. The van der Waals surface area contributed by atoms with Crippen LogP contribution in [0.4, 0.5) is 13.2 Å². The normalized spacial score (nSPS) is 10.7. The molecule has 0 saturated heterocycles. The molecule has 0 saturated carbocycles. The van der Waals surface area contributed by atoms with Crippen LogP contribution in [0.1, 0.15) is 28.4 Å². The molecule has 0 bridgehead atoms. The maximum Gasteiger partial charge on any atom is 0.388 e. The lowest BCUT2D eigenvalue weighted by Gasteiger charge is -2.09. The van der Waals surface area contributed by atoms with Crippen molar-refractivity contribution in [3.8, 4) is 5.88 Å².